The van der Waals surface area contributed by atoms with E-state index in [2.05, 4.69) is 48.3 Å². The summed E-state index contributed by atoms with van der Waals surface area (Å²) in [4.78, 5) is 4.46. The van der Waals surface area contributed by atoms with Crippen LogP contribution >= 0.6 is 0 Å². The first-order chi connectivity index (χ1) is 7.97. The van der Waals surface area contributed by atoms with Crippen LogP contribution in [-0.4, -0.2) is 56.0 Å². The van der Waals surface area contributed by atoms with E-state index in [0.717, 1.165) is 25.3 Å². The van der Waals surface area contributed by atoms with Crippen LogP contribution in [0, 0.1) is 6.92 Å². The average molecular weight is 239 g/mol. The lowest BCUT2D eigenvalue weighted by atomic mass is 10.2. The lowest BCUT2D eigenvalue weighted by Gasteiger charge is -2.23. The molecule has 0 aromatic carbocycles. The highest BCUT2D eigenvalue weighted by Gasteiger charge is 2.15. The summed E-state index contributed by atoms with van der Waals surface area (Å²) in [6.07, 6.45) is 0. The van der Waals surface area contributed by atoms with Gasteiger partial charge in [0, 0.05) is 39.3 Å². The van der Waals surface area contributed by atoms with Gasteiger partial charge in [0.2, 0.25) is 0 Å². The van der Waals surface area contributed by atoms with E-state index < -0.39 is 0 Å². The Labute approximate surface area is 104 Å². The standard InChI is InChI=1S/C12H25N5/c1-10-11(9-13-2)12(17(6)14-10)16(5)8-7-15(3)4/h13H,7-9H2,1-6H3. The van der Waals surface area contributed by atoms with Crippen molar-refractivity contribution in [2.45, 2.75) is 13.5 Å². The molecule has 1 heterocycles. The van der Waals surface area contributed by atoms with Gasteiger partial charge in [-0.1, -0.05) is 0 Å². The fraction of sp³-hybridized carbons (Fsp3) is 0.750. The lowest BCUT2D eigenvalue weighted by molar-refractivity contribution is 0.415. The van der Waals surface area contributed by atoms with E-state index in [0.29, 0.717) is 0 Å². The number of rotatable bonds is 6. The molecule has 0 spiro atoms. The fourth-order valence-electron chi connectivity index (χ4n) is 2.01. The van der Waals surface area contributed by atoms with Crippen LogP contribution < -0.4 is 10.2 Å². The largest absolute Gasteiger partial charge is 0.358 e. The number of nitrogens with one attached hydrogen (secondary N) is 1. The molecule has 0 amide bonds. The van der Waals surface area contributed by atoms with Crippen molar-refractivity contribution in [2.75, 3.05) is 46.2 Å². The Morgan fingerprint density at radius 1 is 1.24 bits per heavy atom. The maximum Gasteiger partial charge on any atom is 0.131 e. The molecule has 1 rings (SSSR count). The van der Waals surface area contributed by atoms with Gasteiger partial charge in [-0.3, -0.25) is 4.68 Å². The molecule has 0 unspecified atom stereocenters. The van der Waals surface area contributed by atoms with E-state index in [4.69, 9.17) is 0 Å². The van der Waals surface area contributed by atoms with Crippen molar-refractivity contribution >= 4 is 5.82 Å². The maximum absolute atomic E-state index is 4.50. The lowest BCUT2D eigenvalue weighted by Crippen LogP contribution is -2.30. The molecular formula is C12H25N5. The maximum atomic E-state index is 4.50. The van der Waals surface area contributed by atoms with Gasteiger partial charge in [0.05, 0.1) is 5.69 Å². The van der Waals surface area contributed by atoms with Gasteiger partial charge in [-0.25, -0.2) is 0 Å². The first-order valence-corrected chi connectivity index (χ1v) is 6.00. The molecule has 5 nitrogen and oxygen atoms in total. The molecule has 0 fully saturated rings. The van der Waals surface area contributed by atoms with Gasteiger partial charge in [0.15, 0.2) is 0 Å². The minimum Gasteiger partial charge on any atom is -0.358 e. The minimum atomic E-state index is 0.862. The molecule has 0 saturated heterocycles. The van der Waals surface area contributed by atoms with Crippen molar-refractivity contribution in [1.29, 1.82) is 0 Å². The second-order valence-corrected chi connectivity index (χ2v) is 4.77. The Balaban J connectivity index is 2.87. The summed E-state index contributed by atoms with van der Waals surface area (Å²) in [7, 11) is 10.3. The Bertz CT molecular complexity index is 356. The number of aryl methyl sites for hydroxylation is 2. The molecule has 98 valence electrons. The van der Waals surface area contributed by atoms with E-state index >= 15 is 0 Å². The van der Waals surface area contributed by atoms with Gasteiger partial charge >= 0.3 is 0 Å². The van der Waals surface area contributed by atoms with Gasteiger partial charge in [-0.05, 0) is 28.1 Å². The zero-order valence-electron chi connectivity index (χ0n) is 11.9. The molecule has 0 aliphatic heterocycles. The van der Waals surface area contributed by atoms with Crippen LogP contribution in [-0.2, 0) is 13.6 Å². The molecule has 0 bridgehead atoms. The third kappa shape index (κ3) is 3.44. The van der Waals surface area contributed by atoms with Crippen LogP contribution in [0.4, 0.5) is 5.82 Å². The first kappa shape index (κ1) is 14.0. The highest BCUT2D eigenvalue weighted by molar-refractivity contribution is 5.49. The van der Waals surface area contributed by atoms with Crippen LogP contribution in [0.2, 0.25) is 0 Å². The van der Waals surface area contributed by atoms with E-state index in [1.165, 1.54) is 11.4 Å². The van der Waals surface area contributed by atoms with Gasteiger partial charge in [0.25, 0.3) is 0 Å². The molecular weight excluding hydrogens is 214 g/mol. The Hall–Kier alpha value is -1.07. The molecule has 0 atom stereocenters. The number of anilines is 1. The van der Waals surface area contributed by atoms with Crippen LogP contribution in [0.3, 0.4) is 0 Å². The predicted molar refractivity (Wildman–Crippen MR) is 72.5 cm³/mol. The topological polar surface area (TPSA) is 36.3 Å². The molecule has 0 aliphatic rings. The van der Waals surface area contributed by atoms with E-state index in [-0.39, 0.29) is 0 Å². The monoisotopic (exact) mass is 239 g/mol. The number of nitrogens with zero attached hydrogens (tertiary/aromatic N) is 4. The summed E-state index contributed by atoms with van der Waals surface area (Å²) in [5.41, 5.74) is 2.39. The zero-order valence-corrected chi connectivity index (χ0v) is 11.9. The van der Waals surface area contributed by atoms with Crippen LogP contribution in [0.5, 0.6) is 0 Å². The molecule has 0 saturated carbocycles. The molecule has 1 aromatic heterocycles. The highest BCUT2D eigenvalue weighted by Crippen LogP contribution is 2.21. The van der Waals surface area contributed by atoms with Gasteiger partial charge in [-0.2, -0.15) is 5.10 Å². The van der Waals surface area contributed by atoms with Crippen molar-refractivity contribution in [2.24, 2.45) is 7.05 Å². The van der Waals surface area contributed by atoms with Crippen LogP contribution in [0.15, 0.2) is 0 Å². The van der Waals surface area contributed by atoms with Gasteiger partial charge in [0.1, 0.15) is 5.82 Å². The van der Waals surface area contributed by atoms with Crippen molar-refractivity contribution in [3.8, 4) is 0 Å². The van der Waals surface area contributed by atoms with Gasteiger partial charge < -0.3 is 15.1 Å². The number of likely N-dealkylation sites (N-methyl/N-ethyl adjacent to an activating group) is 2. The normalized spacial score (nSPS) is 11.2. The first-order valence-electron chi connectivity index (χ1n) is 6.00. The molecule has 1 aromatic rings. The van der Waals surface area contributed by atoms with Crippen molar-refractivity contribution in [3.05, 3.63) is 11.3 Å². The van der Waals surface area contributed by atoms with Crippen LogP contribution in [0.25, 0.3) is 0 Å². The molecule has 5 heteroatoms. The predicted octanol–water partition coefficient (Wildman–Crippen LogP) is 0.446. The average Bonchev–Trinajstić information content (AvgIpc) is 2.51. The summed E-state index contributed by atoms with van der Waals surface area (Å²) in [6.45, 7) is 4.97. The van der Waals surface area contributed by atoms with E-state index in [1.54, 1.807) is 0 Å². The second-order valence-electron chi connectivity index (χ2n) is 4.77. The molecule has 17 heavy (non-hydrogen) atoms. The quantitative estimate of drug-likeness (QED) is 0.782. The third-order valence-electron chi connectivity index (χ3n) is 2.91. The van der Waals surface area contributed by atoms with E-state index in [1.807, 2.05) is 18.8 Å². The number of hydrogen-bond acceptors (Lipinski definition) is 4. The smallest absolute Gasteiger partial charge is 0.131 e. The van der Waals surface area contributed by atoms with E-state index in [9.17, 15) is 0 Å². The summed E-state index contributed by atoms with van der Waals surface area (Å²) in [6, 6.07) is 0. The van der Waals surface area contributed by atoms with Crippen molar-refractivity contribution < 1.29 is 0 Å². The SMILES string of the molecule is CNCc1c(C)nn(C)c1N(C)CCN(C)C. The Morgan fingerprint density at radius 2 is 1.88 bits per heavy atom. The van der Waals surface area contributed by atoms with Crippen LogP contribution in [0.1, 0.15) is 11.3 Å². The van der Waals surface area contributed by atoms with Gasteiger partial charge in [-0.15, -0.1) is 0 Å². The summed E-state index contributed by atoms with van der Waals surface area (Å²) >= 11 is 0. The zero-order chi connectivity index (χ0) is 13.0. The highest BCUT2D eigenvalue weighted by atomic mass is 15.4. The second kappa shape index (κ2) is 6.02. The third-order valence-corrected chi connectivity index (χ3v) is 2.91. The molecule has 0 aliphatic carbocycles. The number of hydrogen-bond donors (Lipinski definition) is 1. The molecule has 1 N–H and O–H groups in total. The molecule has 0 radical (unpaired) electrons. The summed E-state index contributed by atoms with van der Waals surface area (Å²) in [5, 5.41) is 7.71. The van der Waals surface area contributed by atoms with Crippen molar-refractivity contribution in [3.63, 3.8) is 0 Å². The minimum absolute atomic E-state index is 0.862. The summed E-state index contributed by atoms with van der Waals surface area (Å²) in [5.74, 6) is 1.21. The van der Waals surface area contributed by atoms with Crippen molar-refractivity contribution in [1.82, 2.24) is 20.0 Å². The summed E-state index contributed by atoms with van der Waals surface area (Å²) < 4.78 is 1.97. The Kier molecular flexibility index (Phi) is 4.96. The fourth-order valence-corrected chi connectivity index (χ4v) is 2.01. The Morgan fingerprint density at radius 3 is 2.41 bits per heavy atom. The number of aromatic nitrogens is 2.